The highest BCUT2D eigenvalue weighted by atomic mass is 19.1. The van der Waals surface area contributed by atoms with Crippen LogP contribution in [0.2, 0.25) is 0 Å². The predicted molar refractivity (Wildman–Crippen MR) is 74.8 cm³/mol. The molecule has 0 aliphatic rings. The van der Waals surface area contributed by atoms with E-state index in [4.69, 9.17) is 4.74 Å². The molecule has 0 aliphatic heterocycles. The third-order valence-electron chi connectivity index (χ3n) is 2.79. The smallest absolute Gasteiger partial charge is 0.223 e. The molecular weight excluding hydrogens is 276 g/mol. The van der Waals surface area contributed by atoms with E-state index < -0.39 is 0 Å². The highest BCUT2D eigenvalue weighted by Gasteiger charge is 2.03. The number of benzene rings is 2. The number of hydrogen-bond acceptors (Lipinski definition) is 2. The van der Waals surface area contributed by atoms with Crippen molar-refractivity contribution in [2.75, 3.05) is 6.61 Å². The highest BCUT2D eigenvalue weighted by Crippen LogP contribution is 2.11. The van der Waals surface area contributed by atoms with Gasteiger partial charge in [-0.1, -0.05) is 12.1 Å². The van der Waals surface area contributed by atoms with Gasteiger partial charge in [-0.3, -0.25) is 4.79 Å². The van der Waals surface area contributed by atoms with Gasteiger partial charge in [0, 0.05) is 6.54 Å². The van der Waals surface area contributed by atoms with Gasteiger partial charge in [0.15, 0.2) is 0 Å². The van der Waals surface area contributed by atoms with Crippen molar-refractivity contribution in [3.8, 4) is 5.75 Å². The Labute approximate surface area is 121 Å². The molecule has 0 bridgehead atoms. The minimum Gasteiger partial charge on any atom is -0.493 e. The Kier molecular flexibility index (Phi) is 5.26. The maximum atomic E-state index is 13.0. The molecule has 3 nitrogen and oxygen atoms in total. The first-order valence-corrected chi connectivity index (χ1v) is 6.53. The van der Waals surface area contributed by atoms with Crippen molar-refractivity contribution in [2.45, 2.75) is 13.0 Å². The predicted octanol–water partition coefficient (Wildman–Crippen LogP) is 3.05. The Bertz CT molecular complexity index is 599. The molecule has 0 unspecified atom stereocenters. The number of hydrogen-bond donors (Lipinski definition) is 1. The van der Waals surface area contributed by atoms with Crippen LogP contribution in [0.5, 0.6) is 5.75 Å². The van der Waals surface area contributed by atoms with Crippen molar-refractivity contribution in [3.05, 3.63) is 65.7 Å². The molecule has 2 aromatic carbocycles. The van der Waals surface area contributed by atoms with E-state index in [0.717, 1.165) is 0 Å². The zero-order chi connectivity index (χ0) is 15.1. The summed E-state index contributed by atoms with van der Waals surface area (Å²) in [6.45, 7) is 0.466. The second kappa shape index (κ2) is 7.38. The third-order valence-corrected chi connectivity index (χ3v) is 2.79. The average molecular weight is 291 g/mol. The van der Waals surface area contributed by atoms with E-state index in [9.17, 15) is 13.6 Å². The highest BCUT2D eigenvalue weighted by molar-refractivity contribution is 5.75. The maximum absolute atomic E-state index is 13.0. The van der Waals surface area contributed by atoms with Crippen LogP contribution in [0.25, 0.3) is 0 Å². The van der Waals surface area contributed by atoms with E-state index in [1.165, 1.54) is 36.4 Å². The van der Waals surface area contributed by atoms with Gasteiger partial charge < -0.3 is 10.1 Å². The first-order chi connectivity index (χ1) is 10.1. The standard InChI is InChI=1S/C16H15F2NO2/c17-13-4-6-15(7-5-13)21-9-8-16(20)19-11-12-2-1-3-14(18)10-12/h1-7,10H,8-9,11H2,(H,19,20). The van der Waals surface area contributed by atoms with Gasteiger partial charge in [0.1, 0.15) is 17.4 Å². The number of amides is 1. The molecule has 2 rings (SSSR count). The summed E-state index contributed by atoms with van der Waals surface area (Å²) in [7, 11) is 0. The van der Waals surface area contributed by atoms with Gasteiger partial charge in [0.25, 0.3) is 0 Å². The Morgan fingerprint density at radius 3 is 2.52 bits per heavy atom. The van der Waals surface area contributed by atoms with Crippen molar-refractivity contribution < 1.29 is 18.3 Å². The molecule has 0 saturated carbocycles. The van der Waals surface area contributed by atoms with Crippen molar-refractivity contribution in [1.29, 1.82) is 0 Å². The van der Waals surface area contributed by atoms with Crippen molar-refractivity contribution in [1.82, 2.24) is 5.32 Å². The first kappa shape index (κ1) is 15.0. The molecule has 110 valence electrons. The number of rotatable bonds is 6. The van der Waals surface area contributed by atoms with Crippen LogP contribution >= 0.6 is 0 Å². The average Bonchev–Trinajstić information content (AvgIpc) is 2.47. The monoisotopic (exact) mass is 291 g/mol. The lowest BCUT2D eigenvalue weighted by Crippen LogP contribution is -2.24. The largest absolute Gasteiger partial charge is 0.493 e. The SMILES string of the molecule is O=C(CCOc1ccc(F)cc1)NCc1cccc(F)c1. The topological polar surface area (TPSA) is 38.3 Å². The molecule has 0 heterocycles. The lowest BCUT2D eigenvalue weighted by atomic mass is 10.2. The normalized spacial score (nSPS) is 10.2. The number of nitrogens with one attached hydrogen (secondary N) is 1. The number of carbonyl (C=O) groups excluding carboxylic acids is 1. The minimum atomic E-state index is -0.338. The lowest BCUT2D eigenvalue weighted by Gasteiger charge is -2.07. The van der Waals surface area contributed by atoms with Crippen LogP contribution in [-0.2, 0) is 11.3 Å². The van der Waals surface area contributed by atoms with E-state index in [1.807, 2.05) is 0 Å². The van der Waals surface area contributed by atoms with Crippen molar-refractivity contribution in [3.63, 3.8) is 0 Å². The minimum absolute atomic E-state index is 0.173. The Morgan fingerprint density at radius 2 is 1.81 bits per heavy atom. The molecule has 0 aliphatic carbocycles. The molecule has 0 radical (unpaired) electrons. The van der Waals surface area contributed by atoms with Crippen LogP contribution in [0.3, 0.4) is 0 Å². The number of ether oxygens (including phenoxy) is 1. The first-order valence-electron chi connectivity index (χ1n) is 6.53. The summed E-state index contributed by atoms with van der Waals surface area (Å²) in [6, 6.07) is 11.6. The Hall–Kier alpha value is -2.43. The molecule has 1 N–H and O–H groups in total. The van der Waals surface area contributed by atoms with E-state index in [1.54, 1.807) is 12.1 Å². The zero-order valence-electron chi connectivity index (χ0n) is 11.3. The summed E-state index contributed by atoms with van der Waals surface area (Å²) < 4.78 is 30.9. The van der Waals surface area contributed by atoms with Crippen molar-refractivity contribution in [2.24, 2.45) is 0 Å². The van der Waals surface area contributed by atoms with Gasteiger partial charge in [-0.05, 0) is 42.0 Å². The fourth-order valence-corrected chi connectivity index (χ4v) is 1.73. The molecule has 0 spiro atoms. The number of halogens is 2. The van der Waals surface area contributed by atoms with E-state index in [2.05, 4.69) is 5.32 Å². The van der Waals surface area contributed by atoms with Gasteiger partial charge >= 0.3 is 0 Å². The van der Waals surface area contributed by atoms with Crippen LogP contribution in [0.15, 0.2) is 48.5 Å². The molecule has 1 amide bonds. The third kappa shape index (κ3) is 5.22. The molecule has 2 aromatic rings. The van der Waals surface area contributed by atoms with Gasteiger partial charge in [-0.15, -0.1) is 0 Å². The molecule has 0 fully saturated rings. The van der Waals surface area contributed by atoms with Crippen LogP contribution in [-0.4, -0.2) is 12.5 Å². The van der Waals surface area contributed by atoms with Crippen LogP contribution < -0.4 is 10.1 Å². The Balaban J connectivity index is 1.69. The second-order valence-electron chi connectivity index (χ2n) is 4.46. The summed E-state index contributed by atoms with van der Waals surface area (Å²) in [4.78, 5) is 11.6. The van der Waals surface area contributed by atoms with Gasteiger partial charge in [-0.2, -0.15) is 0 Å². The molecular formula is C16H15F2NO2. The van der Waals surface area contributed by atoms with Crippen LogP contribution in [0.1, 0.15) is 12.0 Å². The molecule has 0 saturated heterocycles. The summed E-state index contributed by atoms with van der Waals surface area (Å²) in [5, 5.41) is 2.68. The molecule has 21 heavy (non-hydrogen) atoms. The van der Waals surface area contributed by atoms with E-state index in [-0.39, 0.29) is 37.1 Å². The zero-order valence-corrected chi connectivity index (χ0v) is 11.3. The lowest BCUT2D eigenvalue weighted by molar-refractivity contribution is -0.121. The van der Waals surface area contributed by atoms with Crippen LogP contribution in [0, 0.1) is 11.6 Å². The van der Waals surface area contributed by atoms with Gasteiger partial charge in [0.2, 0.25) is 5.91 Å². The summed E-state index contributed by atoms with van der Waals surface area (Å²) in [5.41, 5.74) is 0.697. The second-order valence-corrected chi connectivity index (χ2v) is 4.46. The summed E-state index contributed by atoms with van der Waals surface area (Å²) in [5.74, 6) is -0.354. The van der Waals surface area contributed by atoms with E-state index in [0.29, 0.717) is 11.3 Å². The number of carbonyl (C=O) groups is 1. The summed E-state index contributed by atoms with van der Waals surface area (Å²) in [6.07, 6.45) is 0.173. The van der Waals surface area contributed by atoms with E-state index >= 15 is 0 Å². The summed E-state index contributed by atoms with van der Waals surface area (Å²) >= 11 is 0. The quantitative estimate of drug-likeness (QED) is 0.888. The molecule has 5 heteroatoms. The van der Waals surface area contributed by atoms with Crippen LogP contribution in [0.4, 0.5) is 8.78 Å². The maximum Gasteiger partial charge on any atom is 0.223 e. The van der Waals surface area contributed by atoms with Gasteiger partial charge in [0.05, 0.1) is 13.0 Å². The molecule has 0 atom stereocenters. The fourth-order valence-electron chi connectivity index (χ4n) is 1.73. The Morgan fingerprint density at radius 1 is 1.05 bits per heavy atom. The molecule has 0 aromatic heterocycles. The van der Waals surface area contributed by atoms with Gasteiger partial charge in [-0.25, -0.2) is 8.78 Å². The van der Waals surface area contributed by atoms with Crippen molar-refractivity contribution >= 4 is 5.91 Å². The fraction of sp³-hybridized carbons (Fsp3) is 0.188.